The number of aliphatic hydroxyl groups is 2. The second-order valence-electron chi connectivity index (χ2n) is 3.65. The van der Waals surface area contributed by atoms with Crippen LogP contribution in [-0.4, -0.2) is 47.3 Å². The second-order valence-corrected chi connectivity index (χ2v) is 3.65. The maximum Gasteiger partial charge on any atom is 0.253 e. The highest BCUT2D eigenvalue weighted by Crippen LogP contribution is 2.07. The molecule has 0 aliphatic heterocycles. The Balaban J connectivity index is 2.91. The van der Waals surface area contributed by atoms with E-state index < -0.39 is 0 Å². The Morgan fingerprint density at radius 2 is 2.17 bits per heavy atom. The van der Waals surface area contributed by atoms with E-state index in [-0.39, 0.29) is 19.1 Å². The van der Waals surface area contributed by atoms with E-state index in [0.29, 0.717) is 24.2 Å². The van der Waals surface area contributed by atoms with Crippen molar-refractivity contribution in [3.05, 3.63) is 35.4 Å². The highest BCUT2D eigenvalue weighted by Gasteiger charge is 2.13. The van der Waals surface area contributed by atoms with Crippen LogP contribution in [0.15, 0.2) is 24.3 Å². The summed E-state index contributed by atoms with van der Waals surface area (Å²) >= 11 is 0. The predicted molar refractivity (Wildman–Crippen MR) is 69.1 cm³/mol. The van der Waals surface area contributed by atoms with Crippen molar-refractivity contribution in [1.82, 2.24) is 4.90 Å². The molecule has 4 nitrogen and oxygen atoms in total. The summed E-state index contributed by atoms with van der Waals surface area (Å²) in [5.74, 6) is 5.17. The van der Waals surface area contributed by atoms with Crippen LogP contribution in [0.25, 0.3) is 0 Å². The number of hydrogen-bond acceptors (Lipinski definition) is 3. The van der Waals surface area contributed by atoms with Gasteiger partial charge in [-0.3, -0.25) is 4.79 Å². The molecule has 0 aromatic heterocycles. The van der Waals surface area contributed by atoms with E-state index in [1.165, 1.54) is 0 Å². The van der Waals surface area contributed by atoms with Gasteiger partial charge in [-0.1, -0.05) is 17.9 Å². The number of rotatable bonds is 4. The molecule has 0 unspecified atom stereocenters. The highest BCUT2D eigenvalue weighted by molar-refractivity contribution is 5.94. The Labute approximate surface area is 107 Å². The fourth-order valence-electron chi connectivity index (χ4n) is 1.58. The van der Waals surface area contributed by atoms with E-state index in [4.69, 9.17) is 10.2 Å². The van der Waals surface area contributed by atoms with Gasteiger partial charge in [0.05, 0.1) is 6.61 Å². The lowest BCUT2D eigenvalue weighted by molar-refractivity contribution is 0.0732. The van der Waals surface area contributed by atoms with Crippen LogP contribution in [0.4, 0.5) is 0 Å². The molecule has 0 radical (unpaired) electrons. The van der Waals surface area contributed by atoms with E-state index in [1.807, 2.05) is 6.92 Å². The molecule has 1 rings (SSSR count). The Morgan fingerprint density at radius 1 is 1.39 bits per heavy atom. The van der Waals surface area contributed by atoms with Gasteiger partial charge < -0.3 is 15.1 Å². The Kier molecular flexibility index (Phi) is 5.92. The summed E-state index contributed by atoms with van der Waals surface area (Å²) in [5, 5.41) is 17.5. The van der Waals surface area contributed by atoms with Crippen LogP contribution in [0.3, 0.4) is 0 Å². The molecular weight excluding hydrogens is 230 g/mol. The molecule has 0 bridgehead atoms. The molecular formula is C14H17NO3. The third kappa shape index (κ3) is 3.88. The van der Waals surface area contributed by atoms with Crippen LogP contribution >= 0.6 is 0 Å². The van der Waals surface area contributed by atoms with E-state index in [1.54, 1.807) is 29.2 Å². The van der Waals surface area contributed by atoms with Crippen LogP contribution in [0.2, 0.25) is 0 Å². The molecule has 0 aliphatic rings. The summed E-state index contributed by atoms with van der Waals surface area (Å²) in [6.45, 7) is 2.48. The van der Waals surface area contributed by atoms with Gasteiger partial charge in [-0.2, -0.15) is 0 Å². The summed E-state index contributed by atoms with van der Waals surface area (Å²) in [4.78, 5) is 13.7. The number of hydrogen-bond donors (Lipinski definition) is 2. The maximum absolute atomic E-state index is 12.1. The minimum atomic E-state index is -0.205. The topological polar surface area (TPSA) is 60.8 Å². The Morgan fingerprint density at radius 3 is 2.78 bits per heavy atom. The van der Waals surface area contributed by atoms with Crippen molar-refractivity contribution in [2.45, 2.75) is 6.92 Å². The number of carbonyl (C=O) groups is 1. The lowest BCUT2D eigenvalue weighted by atomic mass is 10.1. The molecule has 0 saturated carbocycles. The van der Waals surface area contributed by atoms with E-state index in [0.717, 1.165) is 0 Å². The van der Waals surface area contributed by atoms with Gasteiger partial charge >= 0.3 is 0 Å². The quantitative estimate of drug-likeness (QED) is 0.761. The average molecular weight is 247 g/mol. The maximum atomic E-state index is 12.1. The van der Waals surface area contributed by atoms with Gasteiger partial charge in [0.15, 0.2) is 0 Å². The number of likely N-dealkylation sites (N-methyl/N-ethyl adjacent to an activating group) is 1. The standard InChI is InChI=1S/C14H17NO3/c1-2-15(8-10-17)14(18)13-7-3-5-12(11-13)6-4-9-16/h3,5,7,11,16-17H,2,8-10H2,1H3. The third-order valence-corrected chi connectivity index (χ3v) is 2.46. The molecule has 0 aliphatic carbocycles. The van der Waals surface area contributed by atoms with E-state index >= 15 is 0 Å². The fourth-order valence-corrected chi connectivity index (χ4v) is 1.58. The SMILES string of the molecule is CCN(CCO)C(=O)c1cccc(C#CCO)c1. The summed E-state index contributed by atoms with van der Waals surface area (Å²) in [7, 11) is 0. The van der Waals surface area contributed by atoms with Crippen molar-refractivity contribution < 1.29 is 15.0 Å². The van der Waals surface area contributed by atoms with Crippen molar-refractivity contribution in [1.29, 1.82) is 0 Å². The molecule has 1 aromatic carbocycles. The van der Waals surface area contributed by atoms with Gasteiger partial charge in [0.1, 0.15) is 6.61 Å². The molecule has 0 saturated heterocycles. The smallest absolute Gasteiger partial charge is 0.253 e. The minimum absolute atomic E-state index is 0.0520. The zero-order valence-corrected chi connectivity index (χ0v) is 10.4. The number of carbonyl (C=O) groups excluding carboxylic acids is 1. The lowest BCUT2D eigenvalue weighted by Gasteiger charge is -2.19. The number of nitrogens with zero attached hydrogens (tertiary/aromatic N) is 1. The van der Waals surface area contributed by atoms with E-state index in [9.17, 15) is 4.79 Å². The van der Waals surface area contributed by atoms with Gasteiger partial charge in [0, 0.05) is 24.2 Å². The normalized spacial score (nSPS) is 9.50. The van der Waals surface area contributed by atoms with E-state index in [2.05, 4.69) is 11.8 Å². The first-order valence-electron chi connectivity index (χ1n) is 5.82. The van der Waals surface area contributed by atoms with Crippen LogP contribution in [0.5, 0.6) is 0 Å². The zero-order valence-electron chi connectivity index (χ0n) is 10.4. The monoisotopic (exact) mass is 247 g/mol. The van der Waals surface area contributed by atoms with Crippen molar-refractivity contribution in [2.75, 3.05) is 26.3 Å². The Bertz CT molecular complexity index is 460. The number of aliphatic hydroxyl groups excluding tert-OH is 2. The van der Waals surface area contributed by atoms with Crippen molar-refractivity contribution in [3.63, 3.8) is 0 Å². The zero-order chi connectivity index (χ0) is 13.4. The van der Waals surface area contributed by atoms with Gasteiger partial charge in [-0.05, 0) is 25.1 Å². The number of benzene rings is 1. The summed E-state index contributed by atoms with van der Waals surface area (Å²) < 4.78 is 0. The molecule has 4 heteroatoms. The van der Waals surface area contributed by atoms with Crippen LogP contribution < -0.4 is 0 Å². The van der Waals surface area contributed by atoms with Gasteiger partial charge in [-0.15, -0.1) is 0 Å². The first-order valence-corrected chi connectivity index (χ1v) is 5.82. The largest absolute Gasteiger partial charge is 0.395 e. The Hall–Kier alpha value is -1.83. The van der Waals surface area contributed by atoms with Crippen LogP contribution in [-0.2, 0) is 0 Å². The molecule has 1 amide bonds. The molecule has 0 heterocycles. The summed E-state index contributed by atoms with van der Waals surface area (Å²) in [6, 6.07) is 6.93. The van der Waals surface area contributed by atoms with Crippen molar-refractivity contribution >= 4 is 5.91 Å². The van der Waals surface area contributed by atoms with Crippen molar-refractivity contribution in [3.8, 4) is 11.8 Å². The van der Waals surface area contributed by atoms with Crippen LogP contribution in [0, 0.1) is 11.8 Å². The van der Waals surface area contributed by atoms with Gasteiger partial charge in [0.25, 0.3) is 5.91 Å². The summed E-state index contributed by atoms with van der Waals surface area (Å²) in [5.41, 5.74) is 1.23. The lowest BCUT2D eigenvalue weighted by Crippen LogP contribution is -2.33. The molecule has 18 heavy (non-hydrogen) atoms. The number of amides is 1. The molecule has 2 N–H and O–H groups in total. The van der Waals surface area contributed by atoms with Crippen molar-refractivity contribution in [2.24, 2.45) is 0 Å². The van der Waals surface area contributed by atoms with Crippen LogP contribution in [0.1, 0.15) is 22.8 Å². The van der Waals surface area contributed by atoms with Gasteiger partial charge in [0.2, 0.25) is 0 Å². The first kappa shape index (κ1) is 14.2. The van der Waals surface area contributed by atoms with Gasteiger partial charge in [-0.25, -0.2) is 0 Å². The predicted octanol–water partition coefficient (Wildman–Crippen LogP) is 0.485. The third-order valence-electron chi connectivity index (χ3n) is 2.46. The molecule has 0 fully saturated rings. The first-order chi connectivity index (χ1) is 8.72. The molecule has 0 spiro atoms. The average Bonchev–Trinajstić information content (AvgIpc) is 2.42. The fraction of sp³-hybridized carbons (Fsp3) is 0.357. The second kappa shape index (κ2) is 7.49. The highest BCUT2D eigenvalue weighted by atomic mass is 16.3. The molecule has 96 valence electrons. The minimum Gasteiger partial charge on any atom is -0.395 e. The molecule has 1 aromatic rings. The summed E-state index contributed by atoms with van der Waals surface area (Å²) in [6.07, 6.45) is 0. The molecule has 0 atom stereocenters.